The number of thioether (sulfide) groups is 1. The summed E-state index contributed by atoms with van der Waals surface area (Å²) in [5.41, 5.74) is -0.0140. The molecule has 174 valence electrons. The first-order valence-corrected chi connectivity index (χ1v) is 11.8. The number of hydrogen-bond acceptors (Lipinski definition) is 6. The molecule has 0 atom stereocenters. The van der Waals surface area contributed by atoms with Gasteiger partial charge in [-0.25, -0.2) is 4.79 Å². The van der Waals surface area contributed by atoms with Crippen molar-refractivity contribution in [2.24, 2.45) is 0 Å². The summed E-state index contributed by atoms with van der Waals surface area (Å²) < 4.78 is 0. The highest BCUT2D eigenvalue weighted by atomic mass is 32.2. The summed E-state index contributed by atoms with van der Waals surface area (Å²) in [7, 11) is 1.62. The number of carbonyl (C=O) groups is 5. The average molecular weight is 471 g/mol. The van der Waals surface area contributed by atoms with Gasteiger partial charge in [-0.1, -0.05) is 49.6 Å². The highest BCUT2D eigenvalue weighted by Gasteiger charge is 2.55. The number of nitrogens with one attached hydrogen (secondary N) is 1. The van der Waals surface area contributed by atoms with E-state index in [1.807, 2.05) is 30.3 Å². The van der Waals surface area contributed by atoms with Crippen LogP contribution in [0.15, 0.2) is 35.2 Å². The van der Waals surface area contributed by atoms with Gasteiger partial charge < -0.3 is 10.2 Å². The van der Waals surface area contributed by atoms with Gasteiger partial charge in [0, 0.05) is 20.1 Å². The van der Waals surface area contributed by atoms with Crippen molar-refractivity contribution in [3.05, 3.63) is 40.8 Å². The molecule has 0 unspecified atom stereocenters. The van der Waals surface area contributed by atoms with Gasteiger partial charge in [0.25, 0.3) is 17.1 Å². The minimum atomic E-state index is -0.831. The second-order valence-electron chi connectivity index (χ2n) is 8.42. The maximum absolute atomic E-state index is 13.0. The van der Waals surface area contributed by atoms with Crippen LogP contribution in [0.4, 0.5) is 9.59 Å². The Morgan fingerprint density at radius 1 is 1.06 bits per heavy atom. The molecule has 10 heteroatoms. The fraction of sp³-hybridized carbons (Fsp3) is 0.435. The predicted molar refractivity (Wildman–Crippen MR) is 123 cm³/mol. The lowest BCUT2D eigenvalue weighted by Crippen LogP contribution is -2.49. The molecule has 2 saturated heterocycles. The summed E-state index contributed by atoms with van der Waals surface area (Å²) in [4.78, 5) is 66.7. The smallest absolute Gasteiger partial charge is 0.327 e. The normalized spacial score (nSPS) is 21.6. The number of likely N-dealkylation sites (N-methyl/N-ethyl adjacent to an activating group) is 1. The standard InChI is InChI=1S/C23H26N4O5S/c1-25-21(31)27(20(30)23(25)10-6-3-7-11-23)15-18(28)24-12-13-26-19(29)17(33-22(26)32)14-16-8-4-2-5-9-16/h2,4-5,8-9,14H,3,6-7,10-13,15H2,1H3,(H,24,28)/b17-14-. The third kappa shape index (κ3) is 4.39. The maximum atomic E-state index is 13.0. The fourth-order valence-corrected chi connectivity index (χ4v) is 5.44. The quantitative estimate of drug-likeness (QED) is 0.506. The van der Waals surface area contributed by atoms with E-state index in [9.17, 15) is 24.0 Å². The molecule has 1 spiro atoms. The number of urea groups is 1. The molecule has 9 nitrogen and oxygen atoms in total. The molecule has 2 aliphatic heterocycles. The first-order chi connectivity index (χ1) is 15.8. The van der Waals surface area contributed by atoms with E-state index < -0.39 is 28.6 Å². The number of amides is 6. The Morgan fingerprint density at radius 3 is 2.45 bits per heavy atom. The predicted octanol–water partition coefficient (Wildman–Crippen LogP) is 2.44. The third-order valence-corrected chi connectivity index (χ3v) is 7.32. The van der Waals surface area contributed by atoms with E-state index in [1.54, 1.807) is 13.1 Å². The van der Waals surface area contributed by atoms with Gasteiger partial charge >= 0.3 is 6.03 Å². The van der Waals surface area contributed by atoms with Gasteiger partial charge in [0.15, 0.2) is 0 Å². The molecule has 1 N–H and O–H groups in total. The Kier molecular flexibility index (Phi) is 6.55. The van der Waals surface area contributed by atoms with Crippen LogP contribution in [0, 0.1) is 0 Å². The van der Waals surface area contributed by atoms with E-state index in [-0.39, 0.29) is 25.5 Å². The number of imide groups is 2. The van der Waals surface area contributed by atoms with Gasteiger partial charge in [-0.15, -0.1) is 0 Å². The lowest BCUT2D eigenvalue weighted by molar-refractivity contribution is -0.137. The Balaban J connectivity index is 1.30. The topological polar surface area (TPSA) is 107 Å². The van der Waals surface area contributed by atoms with Crippen molar-refractivity contribution in [3.8, 4) is 0 Å². The van der Waals surface area contributed by atoms with Gasteiger partial charge in [0.05, 0.1) is 4.91 Å². The summed E-state index contributed by atoms with van der Waals surface area (Å²) >= 11 is 0.858. The average Bonchev–Trinajstić information content (AvgIpc) is 3.17. The Labute approximate surface area is 196 Å². The monoisotopic (exact) mass is 470 g/mol. The van der Waals surface area contributed by atoms with Crippen LogP contribution in [0.1, 0.15) is 37.7 Å². The fourth-order valence-electron chi connectivity index (χ4n) is 4.57. The third-order valence-electron chi connectivity index (χ3n) is 6.41. The van der Waals surface area contributed by atoms with Gasteiger partial charge in [-0.05, 0) is 36.2 Å². The Hall–Kier alpha value is -3.14. The van der Waals surface area contributed by atoms with Crippen LogP contribution in [0.3, 0.4) is 0 Å². The Bertz CT molecular complexity index is 1020. The zero-order valence-corrected chi connectivity index (χ0v) is 19.2. The minimum absolute atomic E-state index is 0.00820. The molecule has 0 aromatic heterocycles. The highest BCUT2D eigenvalue weighted by Crippen LogP contribution is 2.39. The van der Waals surface area contributed by atoms with Gasteiger partial charge in [-0.3, -0.25) is 29.0 Å². The molecule has 4 rings (SSSR count). The van der Waals surface area contributed by atoms with Crippen molar-refractivity contribution in [1.29, 1.82) is 0 Å². The second-order valence-corrected chi connectivity index (χ2v) is 9.41. The zero-order chi connectivity index (χ0) is 23.6. The molecular weight excluding hydrogens is 444 g/mol. The van der Waals surface area contributed by atoms with Crippen LogP contribution in [0.2, 0.25) is 0 Å². The molecule has 2 heterocycles. The maximum Gasteiger partial charge on any atom is 0.327 e. The summed E-state index contributed by atoms with van der Waals surface area (Å²) in [5.74, 6) is -1.24. The number of hydrogen-bond donors (Lipinski definition) is 1. The van der Waals surface area contributed by atoms with Crippen LogP contribution >= 0.6 is 11.8 Å². The van der Waals surface area contributed by atoms with Crippen molar-refractivity contribution in [1.82, 2.24) is 20.0 Å². The highest BCUT2D eigenvalue weighted by molar-refractivity contribution is 8.18. The van der Waals surface area contributed by atoms with E-state index in [1.165, 1.54) is 4.90 Å². The number of nitrogens with zero attached hydrogens (tertiary/aromatic N) is 3. The van der Waals surface area contributed by atoms with Crippen LogP contribution in [0.5, 0.6) is 0 Å². The lowest BCUT2D eigenvalue weighted by atomic mass is 9.81. The van der Waals surface area contributed by atoms with Crippen LogP contribution in [-0.2, 0) is 14.4 Å². The first-order valence-electron chi connectivity index (χ1n) is 11.0. The minimum Gasteiger partial charge on any atom is -0.353 e. The van der Waals surface area contributed by atoms with Crippen LogP contribution < -0.4 is 5.32 Å². The molecule has 1 aromatic carbocycles. The number of carbonyl (C=O) groups excluding carboxylic acids is 5. The molecule has 1 aliphatic carbocycles. The van der Waals surface area contributed by atoms with E-state index in [0.717, 1.165) is 46.4 Å². The summed E-state index contributed by atoms with van der Waals surface area (Å²) in [5, 5.41) is 2.21. The molecule has 0 radical (unpaired) electrons. The Morgan fingerprint density at radius 2 is 1.76 bits per heavy atom. The SMILES string of the molecule is CN1C(=O)N(CC(=O)NCCN2C(=O)S/C(=C\c3ccccc3)C2=O)C(=O)C12CCCCC2. The molecular formula is C23H26N4O5S. The van der Waals surface area contributed by atoms with Crippen molar-refractivity contribution < 1.29 is 24.0 Å². The summed E-state index contributed by atoms with van der Waals surface area (Å²) in [6.45, 7) is -0.333. The van der Waals surface area contributed by atoms with Gasteiger partial charge in [0.1, 0.15) is 12.1 Å². The van der Waals surface area contributed by atoms with E-state index in [0.29, 0.717) is 17.7 Å². The summed E-state index contributed by atoms with van der Waals surface area (Å²) in [6, 6.07) is 8.76. The second kappa shape index (κ2) is 9.38. The molecule has 3 fully saturated rings. The molecule has 0 bridgehead atoms. The molecule has 1 aromatic rings. The van der Waals surface area contributed by atoms with Crippen LogP contribution in [0.25, 0.3) is 6.08 Å². The summed E-state index contributed by atoms with van der Waals surface area (Å²) in [6.07, 6.45) is 5.67. The largest absolute Gasteiger partial charge is 0.353 e. The van der Waals surface area contributed by atoms with Crippen molar-refractivity contribution in [3.63, 3.8) is 0 Å². The molecule has 1 saturated carbocycles. The first kappa shape index (κ1) is 23.0. The molecule has 33 heavy (non-hydrogen) atoms. The van der Waals surface area contributed by atoms with Crippen molar-refractivity contribution >= 4 is 46.8 Å². The van der Waals surface area contributed by atoms with E-state index in [2.05, 4.69) is 5.32 Å². The van der Waals surface area contributed by atoms with Gasteiger partial charge in [-0.2, -0.15) is 0 Å². The van der Waals surface area contributed by atoms with E-state index >= 15 is 0 Å². The van der Waals surface area contributed by atoms with Gasteiger partial charge in [0.2, 0.25) is 5.91 Å². The van der Waals surface area contributed by atoms with Crippen molar-refractivity contribution in [2.75, 3.05) is 26.7 Å². The van der Waals surface area contributed by atoms with E-state index in [4.69, 9.17) is 0 Å². The molecule has 6 amide bonds. The zero-order valence-electron chi connectivity index (χ0n) is 18.4. The van der Waals surface area contributed by atoms with Crippen molar-refractivity contribution in [2.45, 2.75) is 37.6 Å². The van der Waals surface area contributed by atoms with Crippen LogP contribution in [-0.4, -0.2) is 75.9 Å². The lowest BCUT2D eigenvalue weighted by Gasteiger charge is -2.35. The molecule has 3 aliphatic rings. The number of rotatable bonds is 6. The number of benzene rings is 1.